The number of aromatic nitrogens is 1. The van der Waals surface area contributed by atoms with Crippen LogP contribution in [0, 0.1) is 6.92 Å². The highest BCUT2D eigenvalue weighted by Gasteiger charge is 2.27. The fourth-order valence-corrected chi connectivity index (χ4v) is 5.79. The molecular formula is C22H25N3O4S2. The third-order valence-electron chi connectivity index (χ3n) is 5.26. The number of aryl methyl sites for hydroxylation is 1. The molecule has 1 fully saturated rings. The number of hydrogen-bond donors (Lipinski definition) is 0. The van der Waals surface area contributed by atoms with Gasteiger partial charge in [-0.25, -0.2) is 13.4 Å². The quantitative estimate of drug-likeness (QED) is 0.564. The van der Waals surface area contributed by atoms with Crippen LogP contribution in [0.1, 0.15) is 12.5 Å². The Hall–Kier alpha value is -2.65. The summed E-state index contributed by atoms with van der Waals surface area (Å²) in [5, 5.41) is 0.906. The third-order valence-corrected chi connectivity index (χ3v) is 7.95. The summed E-state index contributed by atoms with van der Waals surface area (Å²) in [6.07, 6.45) is 0. The molecule has 1 aliphatic rings. The lowest BCUT2D eigenvalue weighted by atomic mass is 10.2. The molecule has 0 atom stereocenters. The van der Waals surface area contributed by atoms with E-state index in [1.54, 1.807) is 40.5 Å². The predicted octanol–water partition coefficient (Wildman–Crippen LogP) is 3.13. The van der Waals surface area contributed by atoms with Crippen LogP contribution in [0.3, 0.4) is 0 Å². The number of benzene rings is 2. The Morgan fingerprint density at radius 3 is 2.48 bits per heavy atom. The smallest absolute Gasteiger partial charge is 0.238 e. The number of fused-ring (bicyclic) bond motifs is 1. The highest BCUT2D eigenvalue weighted by molar-refractivity contribution is 7.92. The number of carbonyl (C=O) groups is 1. The minimum atomic E-state index is -3.64. The van der Waals surface area contributed by atoms with E-state index in [0.717, 1.165) is 26.7 Å². The first-order valence-corrected chi connectivity index (χ1v) is 12.7. The van der Waals surface area contributed by atoms with Gasteiger partial charge in [0.2, 0.25) is 5.91 Å². The number of thiazole rings is 1. The van der Waals surface area contributed by atoms with Gasteiger partial charge in [-0.15, -0.1) is 0 Å². The van der Waals surface area contributed by atoms with Crippen molar-refractivity contribution >= 4 is 42.4 Å². The van der Waals surface area contributed by atoms with Gasteiger partial charge < -0.3 is 14.5 Å². The standard InChI is InChI=1S/C22H25N3O4S2/c1-3-29-17-6-9-19-20(14-17)30-22(23-19)25-12-10-24(11-13-25)21(26)15-31(27,28)18-7-4-16(2)5-8-18/h4-9,14H,3,10-13,15H2,1-2H3. The van der Waals surface area contributed by atoms with Crippen molar-refractivity contribution in [2.24, 2.45) is 0 Å². The number of hydrogen-bond acceptors (Lipinski definition) is 7. The van der Waals surface area contributed by atoms with Crippen LogP contribution in [0.5, 0.6) is 5.75 Å². The molecule has 1 saturated heterocycles. The summed E-state index contributed by atoms with van der Waals surface area (Å²) in [4.78, 5) is 21.3. The SMILES string of the molecule is CCOc1ccc2nc(N3CCN(C(=O)CS(=O)(=O)c4ccc(C)cc4)CC3)sc2c1. The number of nitrogens with zero attached hydrogens (tertiary/aromatic N) is 3. The number of rotatable bonds is 6. The van der Waals surface area contributed by atoms with Gasteiger partial charge in [-0.2, -0.15) is 0 Å². The van der Waals surface area contributed by atoms with Crippen LogP contribution in [-0.4, -0.2) is 62.7 Å². The highest BCUT2D eigenvalue weighted by Crippen LogP contribution is 2.32. The Bertz CT molecular complexity index is 1180. The minimum Gasteiger partial charge on any atom is -0.494 e. The lowest BCUT2D eigenvalue weighted by Crippen LogP contribution is -2.50. The van der Waals surface area contributed by atoms with E-state index in [9.17, 15) is 13.2 Å². The second kappa shape index (κ2) is 8.84. The second-order valence-electron chi connectivity index (χ2n) is 7.50. The number of ether oxygens (including phenoxy) is 1. The fraction of sp³-hybridized carbons (Fsp3) is 0.364. The lowest BCUT2D eigenvalue weighted by Gasteiger charge is -2.34. The normalized spacial score (nSPS) is 14.8. The predicted molar refractivity (Wildman–Crippen MR) is 123 cm³/mol. The Kier molecular flexibility index (Phi) is 6.15. The van der Waals surface area contributed by atoms with Crippen molar-refractivity contribution in [2.45, 2.75) is 18.7 Å². The number of piperazine rings is 1. The molecule has 31 heavy (non-hydrogen) atoms. The van der Waals surface area contributed by atoms with Crippen molar-refractivity contribution in [1.82, 2.24) is 9.88 Å². The zero-order chi connectivity index (χ0) is 22.0. The second-order valence-corrected chi connectivity index (χ2v) is 10.5. The Balaban J connectivity index is 1.38. The van der Waals surface area contributed by atoms with Crippen LogP contribution >= 0.6 is 11.3 Å². The van der Waals surface area contributed by atoms with Crippen molar-refractivity contribution in [3.63, 3.8) is 0 Å². The highest BCUT2D eigenvalue weighted by atomic mass is 32.2. The average Bonchev–Trinajstić information content (AvgIpc) is 3.17. The maximum atomic E-state index is 12.6. The molecule has 1 aliphatic heterocycles. The van der Waals surface area contributed by atoms with Gasteiger partial charge in [0.25, 0.3) is 0 Å². The molecule has 2 aromatic carbocycles. The van der Waals surface area contributed by atoms with Crippen LogP contribution in [0.25, 0.3) is 10.2 Å². The molecule has 0 bridgehead atoms. The largest absolute Gasteiger partial charge is 0.494 e. The summed E-state index contributed by atoms with van der Waals surface area (Å²) in [5.41, 5.74) is 1.90. The molecule has 0 unspecified atom stereocenters. The topological polar surface area (TPSA) is 79.8 Å². The number of anilines is 1. The van der Waals surface area contributed by atoms with Crippen LogP contribution in [0.4, 0.5) is 5.13 Å². The summed E-state index contributed by atoms with van der Waals surface area (Å²) in [6, 6.07) is 12.5. The molecule has 0 N–H and O–H groups in total. The first-order valence-electron chi connectivity index (χ1n) is 10.2. The summed E-state index contributed by atoms with van der Waals surface area (Å²) in [7, 11) is -3.64. The average molecular weight is 460 g/mol. The maximum absolute atomic E-state index is 12.6. The molecule has 164 valence electrons. The van der Waals surface area contributed by atoms with Crippen molar-refractivity contribution in [1.29, 1.82) is 0 Å². The summed E-state index contributed by atoms with van der Waals surface area (Å²) in [6.45, 7) is 6.65. The van der Waals surface area contributed by atoms with Crippen molar-refractivity contribution < 1.29 is 17.9 Å². The molecule has 2 heterocycles. The molecule has 0 saturated carbocycles. The first-order chi connectivity index (χ1) is 14.9. The zero-order valence-corrected chi connectivity index (χ0v) is 19.2. The van der Waals surface area contributed by atoms with Gasteiger partial charge >= 0.3 is 0 Å². The molecule has 0 radical (unpaired) electrons. The van der Waals surface area contributed by atoms with Gasteiger partial charge in [-0.3, -0.25) is 4.79 Å². The summed E-state index contributed by atoms with van der Waals surface area (Å²) < 4.78 is 31.8. The zero-order valence-electron chi connectivity index (χ0n) is 17.6. The molecule has 0 aliphatic carbocycles. The van der Waals surface area contributed by atoms with E-state index >= 15 is 0 Å². The van der Waals surface area contributed by atoms with Gasteiger partial charge in [0.05, 0.1) is 21.7 Å². The van der Waals surface area contributed by atoms with Crippen molar-refractivity contribution in [3.8, 4) is 5.75 Å². The molecule has 3 aromatic rings. The number of sulfone groups is 1. The number of carbonyl (C=O) groups excluding carboxylic acids is 1. The van der Waals surface area contributed by atoms with Gasteiger partial charge in [0, 0.05) is 26.2 Å². The fourth-order valence-electron chi connectivity index (χ4n) is 3.51. The van der Waals surface area contributed by atoms with Crippen LogP contribution in [0.15, 0.2) is 47.4 Å². The molecule has 1 amide bonds. The minimum absolute atomic E-state index is 0.186. The first kappa shape index (κ1) is 21.6. The molecule has 1 aromatic heterocycles. The van der Waals surface area contributed by atoms with E-state index in [1.165, 1.54) is 0 Å². The monoisotopic (exact) mass is 459 g/mol. The molecule has 7 nitrogen and oxygen atoms in total. The van der Waals surface area contributed by atoms with E-state index in [1.807, 2.05) is 32.0 Å². The van der Waals surface area contributed by atoms with Gasteiger partial charge in [0.15, 0.2) is 15.0 Å². The van der Waals surface area contributed by atoms with Crippen LogP contribution < -0.4 is 9.64 Å². The van der Waals surface area contributed by atoms with E-state index in [-0.39, 0.29) is 10.8 Å². The molecule has 4 rings (SSSR count). The van der Waals surface area contributed by atoms with Gasteiger partial charge in [-0.05, 0) is 44.2 Å². The van der Waals surface area contributed by atoms with Gasteiger partial charge in [-0.1, -0.05) is 29.0 Å². The van der Waals surface area contributed by atoms with E-state index in [0.29, 0.717) is 32.8 Å². The van der Waals surface area contributed by atoms with E-state index < -0.39 is 15.6 Å². The summed E-state index contributed by atoms with van der Waals surface area (Å²) >= 11 is 1.60. The Labute approximate surface area is 186 Å². The number of amides is 1. The summed E-state index contributed by atoms with van der Waals surface area (Å²) in [5.74, 6) is -0.0292. The van der Waals surface area contributed by atoms with Crippen molar-refractivity contribution in [2.75, 3.05) is 43.4 Å². The van der Waals surface area contributed by atoms with E-state index in [4.69, 9.17) is 9.72 Å². The van der Waals surface area contributed by atoms with Gasteiger partial charge in [0.1, 0.15) is 11.5 Å². The van der Waals surface area contributed by atoms with Crippen LogP contribution in [0.2, 0.25) is 0 Å². The molecule has 0 spiro atoms. The third kappa shape index (κ3) is 4.83. The lowest BCUT2D eigenvalue weighted by molar-refractivity contribution is -0.128. The Morgan fingerprint density at radius 1 is 1.10 bits per heavy atom. The molecule has 9 heteroatoms. The Morgan fingerprint density at radius 2 is 1.81 bits per heavy atom. The van der Waals surface area contributed by atoms with Crippen LogP contribution in [-0.2, 0) is 14.6 Å². The molecular weight excluding hydrogens is 434 g/mol. The maximum Gasteiger partial charge on any atom is 0.238 e. The van der Waals surface area contributed by atoms with E-state index in [2.05, 4.69) is 4.90 Å². The van der Waals surface area contributed by atoms with Crippen molar-refractivity contribution in [3.05, 3.63) is 48.0 Å².